The number of hydrogen-bond acceptors (Lipinski definition) is 2. The van der Waals surface area contributed by atoms with Crippen LogP contribution in [0.3, 0.4) is 0 Å². The van der Waals surface area contributed by atoms with E-state index in [0.717, 1.165) is 25.7 Å². The monoisotopic (exact) mass is 438 g/mol. The van der Waals surface area contributed by atoms with Crippen molar-refractivity contribution >= 4 is 0 Å². The lowest BCUT2D eigenvalue weighted by Gasteiger charge is -2.27. The van der Waals surface area contributed by atoms with E-state index in [1.54, 1.807) is 0 Å². The normalized spacial score (nSPS) is 13.4. The van der Waals surface area contributed by atoms with E-state index in [2.05, 4.69) is 20.4 Å². The number of rotatable bonds is 25. The summed E-state index contributed by atoms with van der Waals surface area (Å²) in [5.41, 5.74) is -1.06. The summed E-state index contributed by atoms with van der Waals surface area (Å²) in [6.07, 6.45) is 30.0. The summed E-state index contributed by atoms with van der Waals surface area (Å²) in [4.78, 5) is 0. The smallest absolute Gasteiger partial charge is 0.121 e. The molecule has 2 heteroatoms. The van der Waals surface area contributed by atoms with Crippen molar-refractivity contribution in [1.82, 2.24) is 0 Å². The van der Waals surface area contributed by atoms with Gasteiger partial charge in [0.2, 0.25) is 0 Å². The van der Waals surface area contributed by atoms with E-state index in [-0.39, 0.29) is 5.76 Å². The predicted octanol–water partition coefficient (Wildman–Crippen LogP) is 10.2. The molecule has 0 spiro atoms. The zero-order valence-electron chi connectivity index (χ0n) is 21.6. The van der Waals surface area contributed by atoms with Crippen LogP contribution in [0.1, 0.15) is 168 Å². The van der Waals surface area contributed by atoms with Gasteiger partial charge in [-0.15, -0.1) is 0 Å². The van der Waals surface area contributed by atoms with Crippen LogP contribution in [0.2, 0.25) is 0 Å². The second-order valence-electron chi connectivity index (χ2n) is 10.0. The minimum atomic E-state index is -1.06. The fourth-order valence-corrected chi connectivity index (χ4v) is 4.58. The summed E-state index contributed by atoms with van der Waals surface area (Å²) >= 11 is 0. The fraction of sp³-hybridized carbons (Fsp3) is 0.931. The Morgan fingerprint density at radius 3 is 0.935 bits per heavy atom. The fourth-order valence-electron chi connectivity index (χ4n) is 4.58. The van der Waals surface area contributed by atoms with Crippen molar-refractivity contribution in [1.29, 1.82) is 0 Å². The molecule has 0 amide bonds. The lowest BCUT2D eigenvalue weighted by molar-refractivity contribution is 0.0158. The largest absolute Gasteiger partial charge is 0.510 e. The summed E-state index contributed by atoms with van der Waals surface area (Å²) in [5, 5.41) is 20.8. The van der Waals surface area contributed by atoms with Crippen LogP contribution in [0.25, 0.3) is 0 Å². The summed E-state index contributed by atoms with van der Waals surface area (Å²) in [6, 6.07) is 0. The minimum Gasteiger partial charge on any atom is -0.510 e. The summed E-state index contributed by atoms with van der Waals surface area (Å²) in [6.45, 7) is 8.21. The van der Waals surface area contributed by atoms with Crippen molar-refractivity contribution < 1.29 is 10.2 Å². The van der Waals surface area contributed by atoms with Gasteiger partial charge in [0.05, 0.1) is 0 Å². The van der Waals surface area contributed by atoms with Crippen molar-refractivity contribution in [2.24, 2.45) is 0 Å². The van der Waals surface area contributed by atoms with Crippen molar-refractivity contribution in [3.8, 4) is 0 Å². The first-order chi connectivity index (χ1) is 15.1. The van der Waals surface area contributed by atoms with Gasteiger partial charge in [0.1, 0.15) is 11.4 Å². The molecular weight excluding hydrogens is 380 g/mol. The van der Waals surface area contributed by atoms with Gasteiger partial charge in [-0.3, -0.25) is 0 Å². The molecule has 0 aromatic carbocycles. The molecule has 0 aliphatic carbocycles. The topological polar surface area (TPSA) is 40.5 Å². The summed E-state index contributed by atoms with van der Waals surface area (Å²) < 4.78 is 0. The third-order valence-electron chi connectivity index (χ3n) is 6.92. The molecule has 0 fully saturated rings. The second-order valence-corrected chi connectivity index (χ2v) is 10.0. The van der Waals surface area contributed by atoms with Gasteiger partial charge < -0.3 is 10.2 Å². The highest BCUT2D eigenvalue weighted by atomic mass is 16.3. The van der Waals surface area contributed by atoms with Crippen LogP contribution in [0.5, 0.6) is 0 Å². The number of aliphatic hydroxyl groups excluding tert-OH is 1. The third-order valence-corrected chi connectivity index (χ3v) is 6.92. The Morgan fingerprint density at radius 1 is 0.484 bits per heavy atom. The number of unbranched alkanes of at least 4 members (excludes halogenated alkanes) is 20. The molecule has 0 aromatic rings. The van der Waals surface area contributed by atoms with Gasteiger partial charge in [-0.25, -0.2) is 0 Å². The van der Waals surface area contributed by atoms with E-state index in [9.17, 15) is 10.2 Å². The molecule has 2 nitrogen and oxygen atoms in total. The van der Waals surface area contributed by atoms with Gasteiger partial charge >= 0.3 is 0 Å². The molecule has 0 radical (unpaired) electrons. The van der Waals surface area contributed by atoms with Crippen molar-refractivity contribution in [2.45, 2.75) is 174 Å². The van der Waals surface area contributed by atoms with Gasteiger partial charge in [0.15, 0.2) is 0 Å². The minimum absolute atomic E-state index is 0.0218. The molecule has 0 rings (SSSR count). The van der Waals surface area contributed by atoms with E-state index >= 15 is 0 Å². The maximum Gasteiger partial charge on any atom is 0.121 e. The van der Waals surface area contributed by atoms with Crippen molar-refractivity contribution in [3.63, 3.8) is 0 Å². The Kier molecular flexibility index (Phi) is 22.3. The van der Waals surface area contributed by atoms with Gasteiger partial charge in [0, 0.05) is 0 Å². The lowest BCUT2D eigenvalue weighted by Crippen LogP contribution is -2.30. The molecule has 1 unspecified atom stereocenters. The zero-order valence-corrected chi connectivity index (χ0v) is 21.6. The molecule has 1 atom stereocenters. The van der Waals surface area contributed by atoms with Crippen LogP contribution in [0.4, 0.5) is 0 Å². The molecule has 2 N–H and O–H groups in total. The van der Waals surface area contributed by atoms with E-state index in [1.165, 1.54) is 116 Å². The molecule has 0 aliphatic heterocycles. The molecule has 31 heavy (non-hydrogen) atoms. The van der Waals surface area contributed by atoms with Crippen LogP contribution in [0, 0.1) is 0 Å². The SMILES string of the molecule is C=C(O)C(O)(CCCCCCCCCCCC)CCCCCCCCCCCCCC. The average molecular weight is 439 g/mol. The van der Waals surface area contributed by atoms with Gasteiger partial charge in [0.25, 0.3) is 0 Å². The molecule has 0 saturated carbocycles. The summed E-state index contributed by atoms with van der Waals surface area (Å²) in [5.74, 6) is -0.0218. The zero-order chi connectivity index (χ0) is 23.0. The Morgan fingerprint density at radius 2 is 0.710 bits per heavy atom. The van der Waals surface area contributed by atoms with E-state index in [0.29, 0.717) is 12.8 Å². The Balaban J connectivity index is 3.62. The maximum absolute atomic E-state index is 10.8. The molecule has 0 bridgehead atoms. The van der Waals surface area contributed by atoms with E-state index < -0.39 is 5.60 Å². The quantitative estimate of drug-likeness (QED) is 0.110. The standard InChI is InChI=1S/C29H58O2/c1-4-6-8-10-12-14-16-17-19-21-23-25-27-29(31,28(3)30)26-24-22-20-18-15-13-11-9-7-5-2/h30-31H,3-27H2,1-2H3. The highest BCUT2D eigenvalue weighted by Crippen LogP contribution is 2.28. The predicted molar refractivity (Wildman–Crippen MR) is 139 cm³/mol. The molecule has 0 saturated heterocycles. The van der Waals surface area contributed by atoms with Gasteiger partial charge in [-0.2, -0.15) is 0 Å². The Bertz CT molecular complexity index is 379. The number of hydrogen-bond donors (Lipinski definition) is 2. The first-order valence-electron chi connectivity index (χ1n) is 14.2. The molecular formula is C29H58O2. The van der Waals surface area contributed by atoms with Crippen LogP contribution in [0.15, 0.2) is 12.3 Å². The third kappa shape index (κ3) is 19.9. The highest BCUT2D eigenvalue weighted by molar-refractivity contribution is 5.03. The maximum atomic E-state index is 10.8. The Labute approximate surface area is 196 Å². The average Bonchev–Trinajstić information content (AvgIpc) is 2.75. The molecule has 186 valence electrons. The van der Waals surface area contributed by atoms with Crippen LogP contribution < -0.4 is 0 Å². The number of aliphatic hydroxyl groups is 2. The molecule has 0 heterocycles. The van der Waals surface area contributed by atoms with E-state index in [1.807, 2.05) is 0 Å². The van der Waals surface area contributed by atoms with Gasteiger partial charge in [-0.05, 0) is 12.8 Å². The van der Waals surface area contributed by atoms with E-state index in [4.69, 9.17) is 0 Å². The first-order valence-corrected chi connectivity index (χ1v) is 14.2. The molecule has 0 aromatic heterocycles. The van der Waals surface area contributed by atoms with Crippen LogP contribution in [-0.2, 0) is 0 Å². The Hall–Kier alpha value is -0.500. The van der Waals surface area contributed by atoms with Crippen LogP contribution >= 0.6 is 0 Å². The first kappa shape index (κ1) is 30.5. The van der Waals surface area contributed by atoms with Crippen molar-refractivity contribution in [3.05, 3.63) is 12.3 Å². The van der Waals surface area contributed by atoms with Crippen molar-refractivity contribution in [2.75, 3.05) is 0 Å². The van der Waals surface area contributed by atoms with Gasteiger partial charge in [-0.1, -0.05) is 162 Å². The highest BCUT2D eigenvalue weighted by Gasteiger charge is 2.29. The van der Waals surface area contributed by atoms with Crippen LogP contribution in [-0.4, -0.2) is 15.8 Å². The second kappa shape index (κ2) is 22.7. The lowest BCUT2D eigenvalue weighted by atomic mass is 9.88. The molecule has 0 aliphatic rings. The summed E-state index contributed by atoms with van der Waals surface area (Å²) in [7, 11) is 0.